The molecule has 5 heteroatoms. The number of hydrogen-bond acceptors (Lipinski definition) is 4. The van der Waals surface area contributed by atoms with E-state index in [1.807, 2.05) is 13.8 Å². The number of thiol groups is 1. The summed E-state index contributed by atoms with van der Waals surface area (Å²) in [6.07, 6.45) is -0.0224. The van der Waals surface area contributed by atoms with Crippen molar-refractivity contribution in [1.29, 1.82) is 0 Å². The molecule has 0 aromatic carbocycles. The molecule has 0 aliphatic rings. The summed E-state index contributed by atoms with van der Waals surface area (Å²) in [5.74, 6) is 0.121. The van der Waals surface area contributed by atoms with E-state index in [-0.39, 0.29) is 17.1 Å². The summed E-state index contributed by atoms with van der Waals surface area (Å²) in [6.45, 7) is 4.63. The average Bonchev–Trinajstić information content (AvgIpc) is 2.16. The summed E-state index contributed by atoms with van der Waals surface area (Å²) in [5.41, 5.74) is 0. The fourth-order valence-electron chi connectivity index (χ4n) is 1.05. The van der Waals surface area contributed by atoms with Crippen LogP contribution in [0.2, 0.25) is 0 Å². The Hall–Kier alpha value is -0.260. The lowest BCUT2D eigenvalue weighted by Crippen LogP contribution is -2.36. The summed E-state index contributed by atoms with van der Waals surface area (Å²) in [5, 5.41) is 11.7. The van der Waals surface area contributed by atoms with Gasteiger partial charge < -0.3 is 15.2 Å². The number of carbonyl (C=O) groups is 1. The maximum atomic E-state index is 11.4. The summed E-state index contributed by atoms with van der Waals surface area (Å²) in [4.78, 5) is 11.4. The largest absolute Gasteiger partial charge is 0.391 e. The van der Waals surface area contributed by atoms with E-state index in [1.54, 1.807) is 0 Å². The second-order valence-corrected chi connectivity index (χ2v) is 4.43. The normalized spacial score (nSPS) is 15.1. The topological polar surface area (TPSA) is 58.6 Å². The first-order valence-corrected chi connectivity index (χ1v) is 5.63. The molecular formula is C10H21NO3S. The van der Waals surface area contributed by atoms with Gasteiger partial charge in [0.1, 0.15) is 0 Å². The van der Waals surface area contributed by atoms with Crippen LogP contribution in [0.15, 0.2) is 0 Å². The molecular weight excluding hydrogens is 214 g/mol. The minimum absolute atomic E-state index is 0.0852. The number of amides is 1. The molecule has 15 heavy (non-hydrogen) atoms. The predicted octanol–water partition coefficient (Wildman–Crippen LogP) is 0.454. The third-order valence-electron chi connectivity index (χ3n) is 2.04. The second-order valence-electron chi connectivity index (χ2n) is 3.88. The van der Waals surface area contributed by atoms with Crippen LogP contribution in [0.4, 0.5) is 0 Å². The standard InChI is InChI=1S/C10H21NO3S/c1-7(2)9(15)10(13)11-5-4-8(12)6-14-3/h7-9,12,15H,4-6H2,1-3H3,(H,11,13). The highest BCUT2D eigenvalue weighted by molar-refractivity contribution is 7.81. The van der Waals surface area contributed by atoms with Gasteiger partial charge in [-0.25, -0.2) is 0 Å². The van der Waals surface area contributed by atoms with Crippen LogP contribution < -0.4 is 5.32 Å². The number of ether oxygens (including phenoxy) is 1. The Balaban J connectivity index is 3.63. The van der Waals surface area contributed by atoms with Crippen molar-refractivity contribution in [2.75, 3.05) is 20.3 Å². The van der Waals surface area contributed by atoms with Crippen molar-refractivity contribution >= 4 is 18.5 Å². The lowest BCUT2D eigenvalue weighted by Gasteiger charge is -2.15. The van der Waals surface area contributed by atoms with Crippen molar-refractivity contribution in [2.45, 2.75) is 31.6 Å². The minimum atomic E-state index is -0.521. The summed E-state index contributed by atoms with van der Waals surface area (Å²) < 4.78 is 4.77. The quantitative estimate of drug-likeness (QED) is 0.562. The van der Waals surface area contributed by atoms with E-state index < -0.39 is 6.10 Å². The number of methoxy groups -OCH3 is 1. The number of nitrogens with one attached hydrogen (secondary N) is 1. The van der Waals surface area contributed by atoms with Gasteiger partial charge in [0.25, 0.3) is 0 Å². The Bertz CT molecular complexity index is 188. The third-order valence-corrected chi connectivity index (χ3v) is 2.87. The van der Waals surface area contributed by atoms with Gasteiger partial charge in [0.15, 0.2) is 0 Å². The van der Waals surface area contributed by atoms with Crippen molar-refractivity contribution in [3.63, 3.8) is 0 Å². The zero-order valence-corrected chi connectivity index (χ0v) is 10.5. The fourth-order valence-corrected chi connectivity index (χ4v) is 1.14. The molecule has 0 saturated heterocycles. The monoisotopic (exact) mass is 235 g/mol. The minimum Gasteiger partial charge on any atom is -0.391 e. The molecule has 2 unspecified atom stereocenters. The molecule has 0 rings (SSSR count). The van der Waals surface area contributed by atoms with E-state index in [4.69, 9.17) is 4.74 Å². The van der Waals surface area contributed by atoms with Crippen molar-refractivity contribution < 1.29 is 14.6 Å². The van der Waals surface area contributed by atoms with Crippen LogP contribution >= 0.6 is 12.6 Å². The van der Waals surface area contributed by atoms with E-state index in [0.717, 1.165) is 0 Å². The molecule has 4 nitrogen and oxygen atoms in total. The molecule has 0 heterocycles. The maximum Gasteiger partial charge on any atom is 0.233 e. The van der Waals surface area contributed by atoms with Gasteiger partial charge in [-0.05, 0) is 12.3 Å². The van der Waals surface area contributed by atoms with E-state index in [1.165, 1.54) is 7.11 Å². The molecule has 0 aliphatic carbocycles. The summed E-state index contributed by atoms with van der Waals surface area (Å²) in [6, 6.07) is 0. The van der Waals surface area contributed by atoms with E-state index in [2.05, 4.69) is 17.9 Å². The van der Waals surface area contributed by atoms with E-state index in [0.29, 0.717) is 19.6 Å². The van der Waals surface area contributed by atoms with Crippen LogP contribution in [0.1, 0.15) is 20.3 Å². The third kappa shape index (κ3) is 6.76. The molecule has 0 fully saturated rings. The van der Waals surface area contributed by atoms with Crippen molar-refractivity contribution in [1.82, 2.24) is 5.32 Å². The summed E-state index contributed by atoms with van der Waals surface area (Å²) in [7, 11) is 1.53. The maximum absolute atomic E-state index is 11.4. The Kier molecular flexibility index (Phi) is 7.82. The van der Waals surface area contributed by atoms with Crippen molar-refractivity contribution in [3.05, 3.63) is 0 Å². The van der Waals surface area contributed by atoms with Gasteiger partial charge in [-0.3, -0.25) is 4.79 Å². The van der Waals surface area contributed by atoms with Gasteiger partial charge in [0.05, 0.1) is 18.0 Å². The zero-order chi connectivity index (χ0) is 11.8. The van der Waals surface area contributed by atoms with Gasteiger partial charge in [-0.1, -0.05) is 13.8 Å². The molecule has 0 aliphatic heterocycles. The molecule has 0 aromatic rings. The molecule has 0 saturated carbocycles. The molecule has 2 atom stereocenters. The van der Waals surface area contributed by atoms with E-state index in [9.17, 15) is 9.90 Å². The average molecular weight is 235 g/mol. The zero-order valence-electron chi connectivity index (χ0n) is 9.56. The first-order chi connectivity index (χ1) is 6.99. The lowest BCUT2D eigenvalue weighted by molar-refractivity contribution is -0.121. The molecule has 90 valence electrons. The highest BCUT2D eigenvalue weighted by Crippen LogP contribution is 2.08. The Morgan fingerprint density at radius 2 is 2.13 bits per heavy atom. The van der Waals surface area contributed by atoms with Gasteiger partial charge in [0, 0.05) is 13.7 Å². The molecule has 0 spiro atoms. The number of rotatable bonds is 7. The van der Waals surface area contributed by atoms with Crippen LogP contribution in [-0.2, 0) is 9.53 Å². The number of hydrogen-bond donors (Lipinski definition) is 3. The van der Waals surface area contributed by atoms with Gasteiger partial charge >= 0.3 is 0 Å². The van der Waals surface area contributed by atoms with Crippen LogP contribution in [-0.4, -0.2) is 42.6 Å². The Labute approximate surface area is 96.8 Å². The SMILES string of the molecule is COCC(O)CCNC(=O)C(S)C(C)C. The highest BCUT2D eigenvalue weighted by Gasteiger charge is 2.17. The molecule has 0 bridgehead atoms. The smallest absolute Gasteiger partial charge is 0.233 e. The Morgan fingerprint density at radius 1 is 1.53 bits per heavy atom. The van der Waals surface area contributed by atoms with Crippen LogP contribution in [0, 0.1) is 5.92 Å². The lowest BCUT2D eigenvalue weighted by atomic mass is 10.1. The van der Waals surface area contributed by atoms with Gasteiger partial charge in [-0.15, -0.1) is 0 Å². The number of carbonyl (C=O) groups excluding carboxylic acids is 1. The number of aliphatic hydroxyl groups is 1. The van der Waals surface area contributed by atoms with E-state index >= 15 is 0 Å². The summed E-state index contributed by atoms with van der Waals surface area (Å²) >= 11 is 4.19. The second kappa shape index (κ2) is 7.96. The van der Waals surface area contributed by atoms with Gasteiger partial charge in [0.2, 0.25) is 5.91 Å². The molecule has 2 N–H and O–H groups in total. The van der Waals surface area contributed by atoms with Crippen LogP contribution in [0.25, 0.3) is 0 Å². The van der Waals surface area contributed by atoms with Crippen molar-refractivity contribution in [2.24, 2.45) is 5.92 Å². The highest BCUT2D eigenvalue weighted by atomic mass is 32.1. The van der Waals surface area contributed by atoms with Crippen molar-refractivity contribution in [3.8, 4) is 0 Å². The molecule has 0 aromatic heterocycles. The Morgan fingerprint density at radius 3 is 2.60 bits per heavy atom. The fraction of sp³-hybridized carbons (Fsp3) is 0.900. The van der Waals surface area contributed by atoms with Crippen LogP contribution in [0.5, 0.6) is 0 Å². The predicted molar refractivity (Wildman–Crippen MR) is 63.1 cm³/mol. The molecule has 1 amide bonds. The molecule has 0 radical (unpaired) electrons. The van der Waals surface area contributed by atoms with Gasteiger partial charge in [-0.2, -0.15) is 12.6 Å². The van der Waals surface area contributed by atoms with Crippen LogP contribution in [0.3, 0.4) is 0 Å². The first kappa shape index (κ1) is 14.7. The number of aliphatic hydroxyl groups excluding tert-OH is 1. The first-order valence-electron chi connectivity index (χ1n) is 5.11.